The van der Waals surface area contributed by atoms with E-state index < -0.39 is 47.8 Å². The van der Waals surface area contributed by atoms with Gasteiger partial charge in [-0.2, -0.15) is 13.2 Å². The molecule has 0 amide bonds. The fourth-order valence-corrected chi connectivity index (χ4v) is 2.67. The van der Waals surface area contributed by atoms with Gasteiger partial charge in [-0.15, -0.1) is 0 Å². The highest BCUT2D eigenvalue weighted by molar-refractivity contribution is 5.81. The summed E-state index contributed by atoms with van der Waals surface area (Å²) in [6.45, 7) is 11.6. The minimum Gasteiger partial charge on any atom is -0.464 e. The molecular weight excluding hydrogens is 341 g/mol. The molecule has 3 atom stereocenters. The predicted molar refractivity (Wildman–Crippen MR) is 85.0 cm³/mol. The van der Waals surface area contributed by atoms with Crippen molar-refractivity contribution in [1.82, 2.24) is 0 Å². The molecule has 1 rings (SSSR count). The molecule has 25 heavy (non-hydrogen) atoms. The highest BCUT2D eigenvalue weighted by Crippen LogP contribution is 2.45. The molecule has 0 N–H and O–H groups in total. The first-order valence-corrected chi connectivity index (χ1v) is 8.37. The zero-order chi connectivity index (χ0) is 19.7. The van der Waals surface area contributed by atoms with Crippen molar-refractivity contribution in [2.45, 2.75) is 96.7 Å². The largest absolute Gasteiger partial charge is 0.464 e. The molecule has 1 heterocycles. The van der Waals surface area contributed by atoms with E-state index in [-0.39, 0.29) is 13.0 Å². The highest BCUT2D eigenvalue weighted by Gasteiger charge is 2.67. The standard InChI is InChI=1S/C17H29F3O5/c1-8-22-13(21)16(17(18,19)20)10-11(23-14(2,3)4)9-12(25-16)24-15(5,6)7/h11-12H,8-10H2,1-7H3/t11?,12?,16-/m0/s1. The Morgan fingerprint density at radius 1 is 1.08 bits per heavy atom. The lowest BCUT2D eigenvalue weighted by molar-refractivity contribution is -0.358. The Morgan fingerprint density at radius 2 is 1.60 bits per heavy atom. The summed E-state index contributed by atoms with van der Waals surface area (Å²) < 4.78 is 62.7. The molecule has 0 aromatic carbocycles. The molecule has 1 saturated heterocycles. The van der Waals surface area contributed by atoms with Crippen LogP contribution in [0.1, 0.15) is 61.3 Å². The quantitative estimate of drug-likeness (QED) is 0.701. The number of alkyl halides is 3. The van der Waals surface area contributed by atoms with Gasteiger partial charge in [-0.25, -0.2) is 4.79 Å². The van der Waals surface area contributed by atoms with Crippen LogP contribution < -0.4 is 0 Å². The summed E-state index contributed by atoms with van der Waals surface area (Å²) in [7, 11) is 0. The van der Waals surface area contributed by atoms with Gasteiger partial charge in [-0.05, 0) is 48.5 Å². The van der Waals surface area contributed by atoms with Crippen LogP contribution in [0.3, 0.4) is 0 Å². The molecule has 2 unspecified atom stereocenters. The summed E-state index contributed by atoms with van der Waals surface area (Å²) in [6, 6.07) is 0. The molecule has 1 aliphatic rings. The van der Waals surface area contributed by atoms with Crippen molar-refractivity contribution in [2.24, 2.45) is 0 Å². The monoisotopic (exact) mass is 370 g/mol. The number of rotatable bonds is 4. The Bertz CT molecular complexity index is 438. The van der Waals surface area contributed by atoms with Crippen LogP contribution in [0.4, 0.5) is 13.2 Å². The van der Waals surface area contributed by atoms with Crippen LogP contribution >= 0.6 is 0 Å². The molecule has 8 heteroatoms. The summed E-state index contributed by atoms with van der Waals surface area (Å²) in [5.41, 5.74) is -4.53. The van der Waals surface area contributed by atoms with Crippen LogP contribution in [0.15, 0.2) is 0 Å². The Balaban J connectivity index is 3.24. The average molecular weight is 370 g/mol. The van der Waals surface area contributed by atoms with Gasteiger partial charge in [0.05, 0.1) is 23.9 Å². The third kappa shape index (κ3) is 6.11. The molecule has 5 nitrogen and oxygen atoms in total. The number of halogens is 3. The zero-order valence-corrected chi connectivity index (χ0v) is 16.0. The summed E-state index contributed by atoms with van der Waals surface area (Å²) >= 11 is 0. The van der Waals surface area contributed by atoms with E-state index in [2.05, 4.69) is 4.74 Å². The average Bonchev–Trinajstić information content (AvgIpc) is 2.32. The Labute approximate surface area is 147 Å². The Kier molecular flexibility index (Phi) is 6.57. The maximum atomic E-state index is 13.8. The molecule has 0 aromatic rings. The maximum Gasteiger partial charge on any atom is 0.428 e. The third-order valence-electron chi connectivity index (χ3n) is 3.37. The molecule has 0 radical (unpaired) electrons. The van der Waals surface area contributed by atoms with Crippen LogP contribution in [0.5, 0.6) is 0 Å². The van der Waals surface area contributed by atoms with E-state index in [9.17, 15) is 18.0 Å². The first kappa shape index (κ1) is 22.2. The predicted octanol–water partition coefficient (Wildman–Crippen LogP) is 3.99. The van der Waals surface area contributed by atoms with Crippen LogP contribution in [-0.4, -0.2) is 47.9 Å². The third-order valence-corrected chi connectivity index (χ3v) is 3.37. The van der Waals surface area contributed by atoms with Gasteiger partial charge in [0.25, 0.3) is 5.60 Å². The van der Waals surface area contributed by atoms with Crippen molar-refractivity contribution in [3.05, 3.63) is 0 Å². The summed E-state index contributed by atoms with van der Waals surface area (Å²) in [5, 5.41) is 0. The van der Waals surface area contributed by atoms with Gasteiger partial charge in [0.15, 0.2) is 6.29 Å². The normalized spacial score (nSPS) is 28.7. The SMILES string of the molecule is CCOC(=O)[C@]1(C(F)(F)F)CC(OC(C)(C)C)CC(OC(C)(C)C)O1. The summed E-state index contributed by atoms with van der Waals surface area (Å²) in [5.74, 6) is -1.47. The van der Waals surface area contributed by atoms with E-state index in [4.69, 9.17) is 14.2 Å². The van der Waals surface area contributed by atoms with Crippen LogP contribution in [0, 0.1) is 0 Å². The molecule has 148 valence electrons. The lowest BCUT2D eigenvalue weighted by Crippen LogP contribution is -2.62. The van der Waals surface area contributed by atoms with Crippen LogP contribution in [0.2, 0.25) is 0 Å². The molecule has 0 spiro atoms. The Hall–Kier alpha value is -0.860. The molecule has 0 aliphatic carbocycles. The van der Waals surface area contributed by atoms with Gasteiger partial charge in [-0.1, -0.05) is 0 Å². The van der Waals surface area contributed by atoms with Gasteiger partial charge >= 0.3 is 12.1 Å². The summed E-state index contributed by atoms with van der Waals surface area (Å²) in [6.07, 6.45) is -7.65. The van der Waals surface area contributed by atoms with Crippen LogP contribution in [-0.2, 0) is 23.7 Å². The lowest BCUT2D eigenvalue weighted by Gasteiger charge is -2.45. The Morgan fingerprint density at radius 3 is 2.00 bits per heavy atom. The number of hydrogen-bond donors (Lipinski definition) is 0. The van der Waals surface area contributed by atoms with Gasteiger partial charge in [0, 0.05) is 12.8 Å². The van der Waals surface area contributed by atoms with Gasteiger partial charge < -0.3 is 18.9 Å². The fourth-order valence-electron chi connectivity index (χ4n) is 2.67. The number of carbonyl (C=O) groups is 1. The van der Waals surface area contributed by atoms with E-state index in [0.717, 1.165) is 0 Å². The van der Waals surface area contributed by atoms with Crippen molar-refractivity contribution in [1.29, 1.82) is 0 Å². The minimum absolute atomic E-state index is 0.0891. The molecular formula is C17H29F3O5. The lowest BCUT2D eigenvalue weighted by atomic mass is 9.89. The smallest absolute Gasteiger partial charge is 0.428 e. The maximum absolute atomic E-state index is 13.8. The number of esters is 1. The fraction of sp³-hybridized carbons (Fsp3) is 0.941. The van der Waals surface area contributed by atoms with Crippen molar-refractivity contribution < 1.29 is 36.9 Å². The van der Waals surface area contributed by atoms with E-state index in [0.29, 0.717) is 0 Å². The van der Waals surface area contributed by atoms with Gasteiger partial charge in [-0.3, -0.25) is 0 Å². The number of carbonyl (C=O) groups excluding carboxylic acids is 1. The second kappa shape index (κ2) is 7.40. The highest BCUT2D eigenvalue weighted by atomic mass is 19.4. The first-order chi connectivity index (χ1) is 11.1. The van der Waals surface area contributed by atoms with Crippen molar-refractivity contribution >= 4 is 5.97 Å². The topological polar surface area (TPSA) is 54.0 Å². The van der Waals surface area contributed by atoms with Crippen molar-refractivity contribution in [3.8, 4) is 0 Å². The van der Waals surface area contributed by atoms with E-state index in [1.54, 1.807) is 41.5 Å². The van der Waals surface area contributed by atoms with Gasteiger partial charge in [0.2, 0.25) is 0 Å². The van der Waals surface area contributed by atoms with E-state index >= 15 is 0 Å². The van der Waals surface area contributed by atoms with Crippen molar-refractivity contribution in [2.75, 3.05) is 6.61 Å². The van der Waals surface area contributed by atoms with Crippen molar-refractivity contribution in [3.63, 3.8) is 0 Å². The van der Waals surface area contributed by atoms with Gasteiger partial charge in [0.1, 0.15) is 0 Å². The molecule has 1 aliphatic heterocycles. The second-order valence-corrected chi connectivity index (χ2v) is 8.11. The van der Waals surface area contributed by atoms with E-state index in [1.165, 1.54) is 6.92 Å². The molecule has 1 fully saturated rings. The molecule has 0 aromatic heterocycles. The molecule has 0 saturated carbocycles. The minimum atomic E-state index is -4.96. The first-order valence-electron chi connectivity index (χ1n) is 8.37. The number of hydrogen-bond acceptors (Lipinski definition) is 5. The number of ether oxygens (including phenoxy) is 4. The van der Waals surface area contributed by atoms with Crippen LogP contribution in [0.25, 0.3) is 0 Å². The second-order valence-electron chi connectivity index (χ2n) is 8.11. The summed E-state index contributed by atoms with van der Waals surface area (Å²) in [4.78, 5) is 12.2. The zero-order valence-electron chi connectivity index (χ0n) is 16.0. The van der Waals surface area contributed by atoms with E-state index in [1.807, 2.05) is 0 Å². The molecule has 0 bridgehead atoms.